The minimum Gasteiger partial charge on any atom is -0.469 e. The lowest BCUT2D eigenvalue weighted by atomic mass is 9.80. The van der Waals surface area contributed by atoms with Gasteiger partial charge in [0.15, 0.2) is 0 Å². The summed E-state index contributed by atoms with van der Waals surface area (Å²) in [5.74, 6) is 1.00. The van der Waals surface area contributed by atoms with Crippen LogP contribution in [0.4, 0.5) is 4.79 Å². The zero-order chi connectivity index (χ0) is 15.7. The summed E-state index contributed by atoms with van der Waals surface area (Å²) in [5.41, 5.74) is 0.285. The third kappa shape index (κ3) is 3.40. The van der Waals surface area contributed by atoms with Crippen molar-refractivity contribution < 1.29 is 13.9 Å². The Kier molecular flexibility index (Phi) is 4.33. The third-order valence-corrected chi connectivity index (χ3v) is 3.95. The van der Waals surface area contributed by atoms with E-state index in [1.54, 1.807) is 6.26 Å². The molecule has 2 N–H and O–H groups in total. The summed E-state index contributed by atoms with van der Waals surface area (Å²) in [4.78, 5) is 12.1. The molecule has 2 atom stereocenters. The van der Waals surface area contributed by atoms with Crippen molar-refractivity contribution in [3.8, 4) is 0 Å². The number of rotatable bonds is 3. The summed E-state index contributed by atoms with van der Waals surface area (Å²) in [7, 11) is 0. The van der Waals surface area contributed by atoms with Crippen LogP contribution < -0.4 is 10.6 Å². The van der Waals surface area contributed by atoms with Gasteiger partial charge in [0.25, 0.3) is 0 Å². The molecule has 1 aliphatic rings. The van der Waals surface area contributed by atoms with Crippen molar-refractivity contribution in [2.24, 2.45) is 0 Å². The molecule has 2 rings (SSSR count). The number of carbonyl (C=O) groups excluding carboxylic acids is 1. The van der Waals surface area contributed by atoms with Crippen LogP contribution in [-0.2, 0) is 16.7 Å². The number of hydrogen-bond acceptors (Lipinski definition) is 4. The van der Waals surface area contributed by atoms with Crippen molar-refractivity contribution in [3.05, 3.63) is 23.7 Å². The Hall–Kier alpha value is -1.49. The quantitative estimate of drug-likeness (QED) is 0.899. The monoisotopic (exact) mass is 294 g/mol. The second-order valence-electron chi connectivity index (χ2n) is 6.74. The van der Waals surface area contributed by atoms with Crippen molar-refractivity contribution in [3.63, 3.8) is 0 Å². The first-order valence-corrected chi connectivity index (χ1v) is 7.57. The van der Waals surface area contributed by atoms with E-state index in [1.165, 1.54) is 0 Å². The second-order valence-corrected chi connectivity index (χ2v) is 6.74. The summed E-state index contributed by atoms with van der Waals surface area (Å²) >= 11 is 0. The van der Waals surface area contributed by atoms with Gasteiger partial charge in [0.05, 0.1) is 17.8 Å². The fourth-order valence-electron chi connectivity index (χ4n) is 2.94. The zero-order valence-corrected chi connectivity index (χ0v) is 13.6. The van der Waals surface area contributed by atoms with E-state index in [-0.39, 0.29) is 17.7 Å². The molecule has 0 spiro atoms. The number of amides is 1. The molecule has 0 fully saturated rings. The highest BCUT2D eigenvalue weighted by atomic mass is 16.6. The Morgan fingerprint density at radius 3 is 2.90 bits per heavy atom. The van der Waals surface area contributed by atoms with E-state index >= 15 is 0 Å². The number of fused-ring (bicyclic) bond motifs is 1. The standard InChI is InChI=1S/C16H26N2O3/c1-6-13(18-14(19)21-15(2,3)4)16(5)11-8-10-20-12(11)7-9-17-16/h8,10,13,17H,6-7,9H2,1-5H3,(H,18,19). The average molecular weight is 294 g/mol. The van der Waals surface area contributed by atoms with Crippen LogP contribution in [0.5, 0.6) is 0 Å². The Balaban J connectivity index is 2.17. The topological polar surface area (TPSA) is 63.5 Å². The van der Waals surface area contributed by atoms with Crippen LogP contribution in [0.1, 0.15) is 52.4 Å². The third-order valence-electron chi connectivity index (χ3n) is 3.95. The van der Waals surface area contributed by atoms with E-state index in [2.05, 4.69) is 24.5 Å². The molecule has 5 heteroatoms. The van der Waals surface area contributed by atoms with Crippen molar-refractivity contribution in [1.82, 2.24) is 10.6 Å². The molecule has 1 aromatic heterocycles. The van der Waals surface area contributed by atoms with Crippen molar-refractivity contribution >= 4 is 6.09 Å². The molecule has 0 saturated carbocycles. The van der Waals surface area contributed by atoms with Crippen LogP contribution in [0.2, 0.25) is 0 Å². The molecule has 118 valence electrons. The molecule has 0 bridgehead atoms. The maximum atomic E-state index is 12.1. The number of nitrogens with one attached hydrogen (secondary N) is 2. The van der Waals surface area contributed by atoms with Gasteiger partial charge in [0.1, 0.15) is 11.4 Å². The Labute approximate surface area is 126 Å². The van der Waals surface area contributed by atoms with Crippen LogP contribution in [0.3, 0.4) is 0 Å². The Morgan fingerprint density at radius 1 is 1.57 bits per heavy atom. The highest BCUT2D eigenvalue weighted by Crippen LogP contribution is 2.33. The van der Waals surface area contributed by atoms with Crippen LogP contribution in [0, 0.1) is 0 Å². The minimum absolute atomic E-state index is 0.0657. The summed E-state index contributed by atoms with van der Waals surface area (Å²) in [5, 5.41) is 6.53. The van der Waals surface area contributed by atoms with Crippen LogP contribution in [0.15, 0.2) is 16.7 Å². The van der Waals surface area contributed by atoms with Crippen LogP contribution in [0.25, 0.3) is 0 Å². The Bertz CT molecular complexity index is 504. The fraction of sp³-hybridized carbons (Fsp3) is 0.688. The van der Waals surface area contributed by atoms with Gasteiger partial charge in [0.2, 0.25) is 0 Å². The van der Waals surface area contributed by atoms with Gasteiger partial charge in [-0.05, 0) is 40.2 Å². The van der Waals surface area contributed by atoms with Gasteiger partial charge in [-0.1, -0.05) is 6.92 Å². The molecular weight excluding hydrogens is 268 g/mol. The van der Waals surface area contributed by atoms with Gasteiger partial charge < -0.3 is 19.8 Å². The van der Waals surface area contributed by atoms with Crippen molar-refractivity contribution in [2.45, 2.75) is 64.6 Å². The molecule has 0 radical (unpaired) electrons. The van der Waals surface area contributed by atoms with E-state index in [0.717, 1.165) is 30.7 Å². The number of furan rings is 1. The lowest BCUT2D eigenvalue weighted by Crippen LogP contribution is -2.59. The van der Waals surface area contributed by atoms with E-state index in [1.807, 2.05) is 26.8 Å². The number of hydrogen-bond donors (Lipinski definition) is 2. The fourth-order valence-corrected chi connectivity index (χ4v) is 2.94. The predicted molar refractivity (Wildman–Crippen MR) is 81.2 cm³/mol. The molecule has 21 heavy (non-hydrogen) atoms. The van der Waals surface area contributed by atoms with Crippen LogP contribution >= 0.6 is 0 Å². The first kappa shape index (κ1) is 15.9. The van der Waals surface area contributed by atoms with Gasteiger partial charge in [-0.15, -0.1) is 0 Å². The van der Waals surface area contributed by atoms with E-state index in [9.17, 15) is 4.79 Å². The predicted octanol–water partition coefficient (Wildman–Crippen LogP) is 2.94. The molecule has 1 amide bonds. The van der Waals surface area contributed by atoms with Gasteiger partial charge in [-0.2, -0.15) is 0 Å². The molecule has 1 aromatic rings. The van der Waals surface area contributed by atoms with E-state index in [0.29, 0.717) is 0 Å². The lowest BCUT2D eigenvalue weighted by Gasteiger charge is -2.41. The van der Waals surface area contributed by atoms with Gasteiger partial charge in [-0.3, -0.25) is 0 Å². The second kappa shape index (κ2) is 5.72. The summed E-state index contributed by atoms with van der Waals surface area (Å²) in [6, 6.07) is 1.92. The summed E-state index contributed by atoms with van der Waals surface area (Å²) in [6.07, 6.45) is 3.01. The number of carbonyl (C=O) groups is 1. The number of ether oxygens (including phenoxy) is 1. The average Bonchev–Trinajstić information content (AvgIpc) is 2.83. The zero-order valence-electron chi connectivity index (χ0n) is 13.6. The summed E-state index contributed by atoms with van der Waals surface area (Å²) in [6.45, 7) is 10.6. The van der Waals surface area contributed by atoms with Crippen molar-refractivity contribution in [1.29, 1.82) is 0 Å². The first-order valence-electron chi connectivity index (χ1n) is 7.57. The number of alkyl carbamates (subject to hydrolysis) is 1. The SMILES string of the molecule is CCC(NC(=O)OC(C)(C)C)C1(C)NCCc2occc21. The van der Waals surface area contributed by atoms with E-state index in [4.69, 9.17) is 9.15 Å². The van der Waals surface area contributed by atoms with Crippen LogP contribution in [-0.4, -0.2) is 24.3 Å². The first-order chi connectivity index (χ1) is 9.76. The molecule has 5 nitrogen and oxygen atoms in total. The minimum atomic E-state index is -0.496. The molecule has 0 aliphatic carbocycles. The molecule has 2 heterocycles. The summed E-state index contributed by atoms with van der Waals surface area (Å²) < 4.78 is 10.9. The van der Waals surface area contributed by atoms with E-state index < -0.39 is 5.60 Å². The maximum Gasteiger partial charge on any atom is 0.407 e. The normalized spacial score (nSPS) is 23.3. The van der Waals surface area contributed by atoms with Gasteiger partial charge in [0, 0.05) is 18.5 Å². The molecule has 0 saturated heterocycles. The molecule has 1 aliphatic heterocycles. The molecular formula is C16H26N2O3. The highest BCUT2D eigenvalue weighted by molar-refractivity contribution is 5.68. The highest BCUT2D eigenvalue weighted by Gasteiger charge is 2.41. The molecule has 2 unspecified atom stereocenters. The van der Waals surface area contributed by atoms with Gasteiger partial charge in [-0.25, -0.2) is 4.79 Å². The Morgan fingerprint density at radius 2 is 2.29 bits per heavy atom. The van der Waals surface area contributed by atoms with Crippen molar-refractivity contribution in [2.75, 3.05) is 6.54 Å². The van der Waals surface area contributed by atoms with Gasteiger partial charge >= 0.3 is 6.09 Å². The molecule has 0 aromatic carbocycles. The maximum absolute atomic E-state index is 12.1. The smallest absolute Gasteiger partial charge is 0.407 e. The largest absolute Gasteiger partial charge is 0.469 e. The lowest BCUT2D eigenvalue weighted by molar-refractivity contribution is 0.0462.